The zero-order valence-corrected chi connectivity index (χ0v) is 8.96. The number of likely N-dealkylation sites (tertiary alicyclic amines) is 1. The van der Waals surface area contributed by atoms with Crippen LogP contribution in [0.3, 0.4) is 0 Å². The molecule has 1 amide bonds. The summed E-state index contributed by atoms with van der Waals surface area (Å²) < 4.78 is 0. The maximum atomic E-state index is 11.1. The zero-order chi connectivity index (χ0) is 10.6. The number of carbonyl (C=O) groups is 1. The molecule has 1 aliphatic rings. The molecule has 0 bridgehead atoms. The van der Waals surface area contributed by atoms with Crippen LogP contribution in [0.1, 0.15) is 32.6 Å². The predicted octanol–water partition coefficient (Wildman–Crippen LogP) is 0.0651. The lowest BCUT2D eigenvalue weighted by molar-refractivity contribution is -0.123. The molecule has 0 aromatic heterocycles. The SMILES string of the molecule is CC(N)(CN1CCCCCC1)C(N)=O. The molecule has 1 fully saturated rings. The molecule has 1 saturated heterocycles. The number of rotatable bonds is 3. The van der Waals surface area contributed by atoms with Crippen LogP contribution in [0.5, 0.6) is 0 Å². The Hall–Kier alpha value is -0.610. The summed E-state index contributed by atoms with van der Waals surface area (Å²) in [5.74, 6) is -0.415. The van der Waals surface area contributed by atoms with Gasteiger partial charge in [-0.05, 0) is 32.9 Å². The van der Waals surface area contributed by atoms with E-state index >= 15 is 0 Å². The van der Waals surface area contributed by atoms with Crippen LogP contribution in [-0.4, -0.2) is 36.0 Å². The zero-order valence-electron chi connectivity index (χ0n) is 8.96. The Labute approximate surface area is 85.6 Å². The lowest BCUT2D eigenvalue weighted by Crippen LogP contribution is -2.56. The summed E-state index contributed by atoms with van der Waals surface area (Å²) in [5, 5.41) is 0. The molecule has 0 aliphatic carbocycles. The molecule has 4 N–H and O–H groups in total. The van der Waals surface area contributed by atoms with E-state index in [2.05, 4.69) is 4.90 Å². The standard InChI is InChI=1S/C10H21N3O/c1-10(12,9(11)14)8-13-6-4-2-3-5-7-13/h2-8,12H2,1H3,(H2,11,14). The van der Waals surface area contributed by atoms with Crippen molar-refractivity contribution in [2.75, 3.05) is 19.6 Å². The highest BCUT2D eigenvalue weighted by Gasteiger charge is 2.28. The van der Waals surface area contributed by atoms with Crippen LogP contribution in [0, 0.1) is 0 Å². The number of primary amides is 1. The molecule has 1 heterocycles. The summed E-state index contributed by atoms with van der Waals surface area (Å²) in [6.07, 6.45) is 4.98. The number of nitrogens with two attached hydrogens (primary N) is 2. The molecular formula is C10H21N3O. The monoisotopic (exact) mass is 199 g/mol. The van der Waals surface area contributed by atoms with Crippen molar-refractivity contribution in [1.29, 1.82) is 0 Å². The lowest BCUT2D eigenvalue weighted by Gasteiger charge is -2.29. The van der Waals surface area contributed by atoms with Crippen LogP contribution in [0.2, 0.25) is 0 Å². The van der Waals surface area contributed by atoms with Crippen molar-refractivity contribution >= 4 is 5.91 Å². The smallest absolute Gasteiger partial charge is 0.238 e. The molecule has 82 valence electrons. The maximum absolute atomic E-state index is 11.1. The summed E-state index contributed by atoms with van der Waals surface area (Å²) in [6, 6.07) is 0. The van der Waals surface area contributed by atoms with E-state index in [-0.39, 0.29) is 0 Å². The molecule has 4 heteroatoms. The summed E-state index contributed by atoms with van der Waals surface area (Å²) in [6.45, 7) is 4.38. The molecule has 0 aromatic carbocycles. The van der Waals surface area contributed by atoms with Gasteiger partial charge in [-0.2, -0.15) is 0 Å². The topological polar surface area (TPSA) is 72.3 Å². The van der Waals surface area contributed by atoms with Gasteiger partial charge in [0, 0.05) is 6.54 Å². The third-order valence-corrected chi connectivity index (χ3v) is 2.81. The summed E-state index contributed by atoms with van der Waals surface area (Å²) >= 11 is 0. The van der Waals surface area contributed by atoms with Gasteiger partial charge in [0.1, 0.15) is 5.54 Å². The van der Waals surface area contributed by atoms with Gasteiger partial charge < -0.3 is 16.4 Å². The predicted molar refractivity (Wildman–Crippen MR) is 56.7 cm³/mol. The minimum Gasteiger partial charge on any atom is -0.368 e. The van der Waals surface area contributed by atoms with Gasteiger partial charge in [-0.25, -0.2) is 0 Å². The van der Waals surface area contributed by atoms with E-state index in [1.54, 1.807) is 6.92 Å². The maximum Gasteiger partial charge on any atom is 0.238 e. The van der Waals surface area contributed by atoms with Gasteiger partial charge in [0.05, 0.1) is 0 Å². The van der Waals surface area contributed by atoms with E-state index in [1.165, 1.54) is 25.7 Å². The average Bonchev–Trinajstić information content (AvgIpc) is 2.32. The first-order chi connectivity index (χ1) is 6.52. The highest BCUT2D eigenvalue weighted by Crippen LogP contribution is 2.12. The van der Waals surface area contributed by atoms with Gasteiger partial charge in [-0.1, -0.05) is 12.8 Å². The third-order valence-electron chi connectivity index (χ3n) is 2.81. The Morgan fingerprint density at radius 3 is 2.21 bits per heavy atom. The van der Waals surface area contributed by atoms with Crippen molar-refractivity contribution < 1.29 is 4.79 Å². The number of amides is 1. The van der Waals surface area contributed by atoms with Gasteiger partial charge in [-0.3, -0.25) is 4.79 Å². The molecule has 0 saturated carbocycles. The van der Waals surface area contributed by atoms with E-state index in [4.69, 9.17) is 11.5 Å². The fraction of sp³-hybridized carbons (Fsp3) is 0.900. The van der Waals surface area contributed by atoms with E-state index in [0.717, 1.165) is 13.1 Å². The number of hydrogen-bond acceptors (Lipinski definition) is 3. The second kappa shape index (κ2) is 4.75. The van der Waals surface area contributed by atoms with E-state index in [0.29, 0.717) is 6.54 Å². The quantitative estimate of drug-likeness (QED) is 0.675. The average molecular weight is 199 g/mol. The van der Waals surface area contributed by atoms with Gasteiger partial charge in [-0.15, -0.1) is 0 Å². The van der Waals surface area contributed by atoms with Crippen molar-refractivity contribution in [3.63, 3.8) is 0 Å². The normalized spacial score (nSPS) is 23.9. The van der Waals surface area contributed by atoms with E-state index in [9.17, 15) is 4.79 Å². The van der Waals surface area contributed by atoms with Gasteiger partial charge in [0.2, 0.25) is 5.91 Å². The first-order valence-electron chi connectivity index (χ1n) is 5.33. The van der Waals surface area contributed by atoms with Crippen molar-refractivity contribution in [3.05, 3.63) is 0 Å². The molecule has 1 aliphatic heterocycles. The highest BCUT2D eigenvalue weighted by molar-refractivity contribution is 5.84. The molecule has 1 rings (SSSR count). The summed E-state index contributed by atoms with van der Waals surface area (Å²) in [4.78, 5) is 13.3. The van der Waals surface area contributed by atoms with Crippen molar-refractivity contribution in [2.24, 2.45) is 11.5 Å². The second-order valence-electron chi connectivity index (χ2n) is 4.47. The molecule has 0 aromatic rings. The number of hydrogen-bond donors (Lipinski definition) is 2. The Morgan fingerprint density at radius 1 is 1.29 bits per heavy atom. The van der Waals surface area contributed by atoms with Gasteiger partial charge in [0.15, 0.2) is 0 Å². The van der Waals surface area contributed by atoms with Crippen LogP contribution in [0.4, 0.5) is 0 Å². The molecule has 1 unspecified atom stereocenters. The first kappa shape index (κ1) is 11.5. The minimum absolute atomic E-state index is 0.415. The van der Waals surface area contributed by atoms with Crippen LogP contribution < -0.4 is 11.5 Å². The van der Waals surface area contributed by atoms with Crippen LogP contribution in [0.15, 0.2) is 0 Å². The Morgan fingerprint density at radius 2 is 1.79 bits per heavy atom. The first-order valence-corrected chi connectivity index (χ1v) is 5.33. The van der Waals surface area contributed by atoms with Crippen LogP contribution in [-0.2, 0) is 4.79 Å². The Bertz CT molecular complexity index is 196. The van der Waals surface area contributed by atoms with Gasteiger partial charge >= 0.3 is 0 Å². The minimum atomic E-state index is -0.885. The molecular weight excluding hydrogens is 178 g/mol. The number of nitrogens with zero attached hydrogens (tertiary/aromatic N) is 1. The largest absolute Gasteiger partial charge is 0.368 e. The lowest BCUT2D eigenvalue weighted by atomic mass is 10.0. The van der Waals surface area contributed by atoms with Crippen molar-refractivity contribution in [2.45, 2.75) is 38.1 Å². The fourth-order valence-electron chi connectivity index (χ4n) is 1.84. The highest BCUT2D eigenvalue weighted by atomic mass is 16.1. The van der Waals surface area contributed by atoms with Crippen LogP contribution in [0.25, 0.3) is 0 Å². The van der Waals surface area contributed by atoms with E-state index < -0.39 is 11.4 Å². The second-order valence-corrected chi connectivity index (χ2v) is 4.47. The third kappa shape index (κ3) is 3.27. The molecule has 0 radical (unpaired) electrons. The van der Waals surface area contributed by atoms with E-state index in [1.807, 2.05) is 0 Å². The fourth-order valence-corrected chi connectivity index (χ4v) is 1.84. The molecule has 4 nitrogen and oxygen atoms in total. The Balaban J connectivity index is 2.45. The number of carbonyl (C=O) groups excluding carboxylic acids is 1. The van der Waals surface area contributed by atoms with Gasteiger partial charge in [0.25, 0.3) is 0 Å². The molecule has 1 atom stereocenters. The molecule has 14 heavy (non-hydrogen) atoms. The summed E-state index contributed by atoms with van der Waals surface area (Å²) in [7, 11) is 0. The van der Waals surface area contributed by atoms with Crippen molar-refractivity contribution in [1.82, 2.24) is 4.90 Å². The van der Waals surface area contributed by atoms with Crippen LogP contribution >= 0.6 is 0 Å². The summed E-state index contributed by atoms with van der Waals surface area (Å²) in [5.41, 5.74) is 10.2. The Kier molecular flexibility index (Phi) is 3.89. The van der Waals surface area contributed by atoms with Crippen molar-refractivity contribution in [3.8, 4) is 0 Å². The molecule has 0 spiro atoms.